The lowest BCUT2D eigenvalue weighted by Crippen LogP contribution is -2.32. The van der Waals surface area contributed by atoms with Crippen LogP contribution in [0, 0.1) is 0 Å². The van der Waals surface area contributed by atoms with Gasteiger partial charge in [0, 0.05) is 16.9 Å². The molecule has 3 amide bonds. The third kappa shape index (κ3) is 5.68. The predicted molar refractivity (Wildman–Crippen MR) is 143 cm³/mol. The predicted octanol–water partition coefficient (Wildman–Crippen LogP) is 4.95. The maximum Gasteiger partial charge on any atom is 0.338 e. The Morgan fingerprint density at radius 3 is 2.18 bits per heavy atom. The quantitative estimate of drug-likeness (QED) is 0.311. The van der Waals surface area contributed by atoms with E-state index in [2.05, 4.69) is 10.6 Å². The van der Waals surface area contributed by atoms with Gasteiger partial charge >= 0.3 is 5.97 Å². The van der Waals surface area contributed by atoms with Gasteiger partial charge < -0.3 is 20.1 Å². The number of carbonyl (C=O) groups is 4. The Morgan fingerprint density at radius 2 is 1.55 bits per heavy atom. The molecule has 0 saturated carbocycles. The number of carbonyl (C=O) groups excluding carboxylic acids is 4. The number of ether oxygens (including phenoxy) is 2. The fourth-order valence-electron chi connectivity index (χ4n) is 3.63. The minimum Gasteiger partial charge on any atom is -0.497 e. The normalized spacial score (nSPS) is 13.1. The third-order valence-corrected chi connectivity index (χ3v) is 5.82. The highest BCUT2D eigenvalue weighted by atomic mass is 35.5. The van der Waals surface area contributed by atoms with Crippen molar-refractivity contribution in [3.63, 3.8) is 0 Å². The maximum atomic E-state index is 13.0. The standard InChI is InChI=1S/C28H24ClN3O6/c1-16(2)38-28(36)17-7-9-19(10-8-17)31-25(33)18-5-4-6-20(15-18)30-24-23(29)26(34)32(27(24)35)21-11-13-22(37-3)14-12-21/h4-16,30H,1-3H3,(H,31,33). The van der Waals surface area contributed by atoms with E-state index in [1.54, 1.807) is 80.6 Å². The summed E-state index contributed by atoms with van der Waals surface area (Å²) >= 11 is 6.22. The van der Waals surface area contributed by atoms with Crippen LogP contribution in [0.3, 0.4) is 0 Å². The minimum absolute atomic E-state index is 0.103. The molecule has 0 radical (unpaired) electrons. The summed E-state index contributed by atoms with van der Waals surface area (Å²) in [6.45, 7) is 3.52. The first kappa shape index (κ1) is 26.4. The van der Waals surface area contributed by atoms with Crippen molar-refractivity contribution in [3.8, 4) is 5.75 Å². The highest BCUT2D eigenvalue weighted by Crippen LogP contribution is 2.31. The van der Waals surface area contributed by atoms with Gasteiger partial charge in [-0.25, -0.2) is 9.69 Å². The van der Waals surface area contributed by atoms with E-state index in [9.17, 15) is 19.2 Å². The molecule has 0 aliphatic carbocycles. The zero-order valence-electron chi connectivity index (χ0n) is 20.8. The fraction of sp³-hybridized carbons (Fsp3) is 0.143. The van der Waals surface area contributed by atoms with Crippen LogP contribution in [0.4, 0.5) is 17.1 Å². The van der Waals surface area contributed by atoms with Gasteiger partial charge in [0.1, 0.15) is 16.5 Å². The fourth-order valence-corrected chi connectivity index (χ4v) is 3.85. The van der Waals surface area contributed by atoms with Gasteiger partial charge in [-0.05, 0) is 80.6 Å². The molecule has 0 atom stereocenters. The van der Waals surface area contributed by atoms with E-state index < -0.39 is 23.7 Å². The molecule has 0 unspecified atom stereocenters. The van der Waals surface area contributed by atoms with Crippen molar-refractivity contribution in [1.29, 1.82) is 0 Å². The number of amides is 3. The number of hydrogen-bond donors (Lipinski definition) is 2. The van der Waals surface area contributed by atoms with Gasteiger partial charge in [0.25, 0.3) is 17.7 Å². The number of nitrogens with one attached hydrogen (secondary N) is 2. The van der Waals surface area contributed by atoms with Gasteiger partial charge in [-0.3, -0.25) is 14.4 Å². The van der Waals surface area contributed by atoms with Crippen molar-refractivity contribution in [2.45, 2.75) is 20.0 Å². The van der Waals surface area contributed by atoms with Crippen molar-refractivity contribution in [3.05, 3.63) is 94.7 Å². The summed E-state index contributed by atoms with van der Waals surface area (Å²) in [5, 5.41) is 5.35. The SMILES string of the molecule is COc1ccc(N2C(=O)C(Cl)=C(Nc3cccc(C(=O)Nc4ccc(C(=O)OC(C)C)cc4)c3)C2=O)cc1. The minimum atomic E-state index is -0.668. The molecular formula is C28H24ClN3O6. The van der Waals surface area contributed by atoms with E-state index >= 15 is 0 Å². The second-order valence-electron chi connectivity index (χ2n) is 8.52. The molecule has 0 fully saturated rings. The molecule has 0 saturated heterocycles. The Bertz CT molecular complexity index is 1430. The number of esters is 1. The van der Waals surface area contributed by atoms with Crippen molar-refractivity contribution >= 4 is 52.4 Å². The highest BCUT2D eigenvalue weighted by Gasteiger charge is 2.39. The summed E-state index contributed by atoms with van der Waals surface area (Å²) in [7, 11) is 1.51. The van der Waals surface area contributed by atoms with E-state index in [0.717, 1.165) is 4.90 Å². The van der Waals surface area contributed by atoms with Crippen LogP contribution in [0.25, 0.3) is 0 Å². The van der Waals surface area contributed by atoms with Gasteiger partial charge in [-0.15, -0.1) is 0 Å². The van der Waals surface area contributed by atoms with Crippen LogP contribution < -0.4 is 20.3 Å². The first-order valence-electron chi connectivity index (χ1n) is 11.6. The van der Waals surface area contributed by atoms with Crippen LogP contribution in [0.1, 0.15) is 34.6 Å². The number of benzene rings is 3. The van der Waals surface area contributed by atoms with E-state index in [0.29, 0.717) is 33.9 Å². The van der Waals surface area contributed by atoms with Gasteiger partial charge in [0.15, 0.2) is 0 Å². The molecule has 0 aromatic heterocycles. The van der Waals surface area contributed by atoms with E-state index in [4.69, 9.17) is 21.1 Å². The van der Waals surface area contributed by atoms with Crippen LogP contribution in [-0.4, -0.2) is 36.9 Å². The molecule has 0 spiro atoms. The molecule has 1 aliphatic heterocycles. The molecule has 2 N–H and O–H groups in total. The van der Waals surface area contributed by atoms with Crippen LogP contribution >= 0.6 is 11.6 Å². The number of methoxy groups -OCH3 is 1. The Balaban J connectivity index is 1.46. The lowest BCUT2D eigenvalue weighted by atomic mass is 10.1. The Morgan fingerprint density at radius 1 is 0.868 bits per heavy atom. The van der Waals surface area contributed by atoms with Gasteiger partial charge in [-0.1, -0.05) is 17.7 Å². The number of hydrogen-bond acceptors (Lipinski definition) is 7. The third-order valence-electron chi connectivity index (χ3n) is 5.47. The smallest absolute Gasteiger partial charge is 0.338 e. The average Bonchev–Trinajstić information content (AvgIpc) is 3.11. The summed E-state index contributed by atoms with van der Waals surface area (Å²) in [6.07, 6.45) is -0.239. The maximum absolute atomic E-state index is 13.0. The molecular weight excluding hydrogens is 510 g/mol. The van der Waals surface area contributed by atoms with Crippen molar-refractivity contribution in [2.24, 2.45) is 0 Å². The molecule has 3 aromatic carbocycles. The summed E-state index contributed by atoms with van der Waals surface area (Å²) in [6, 6.07) is 19.1. The molecule has 3 aromatic rings. The molecule has 0 bridgehead atoms. The van der Waals surface area contributed by atoms with Crippen LogP contribution in [0.5, 0.6) is 5.75 Å². The molecule has 10 heteroatoms. The van der Waals surface area contributed by atoms with Gasteiger partial charge in [-0.2, -0.15) is 0 Å². The zero-order valence-corrected chi connectivity index (χ0v) is 21.5. The number of anilines is 3. The van der Waals surface area contributed by atoms with E-state index in [1.165, 1.54) is 13.2 Å². The first-order valence-corrected chi connectivity index (χ1v) is 12.0. The van der Waals surface area contributed by atoms with Crippen molar-refractivity contribution < 1.29 is 28.7 Å². The number of halogens is 1. The summed E-state index contributed by atoms with van der Waals surface area (Å²) in [5.41, 5.74) is 1.76. The molecule has 1 aliphatic rings. The van der Waals surface area contributed by atoms with E-state index in [1.807, 2.05) is 0 Å². The monoisotopic (exact) mass is 533 g/mol. The molecule has 4 rings (SSSR count). The lowest BCUT2D eigenvalue weighted by Gasteiger charge is -2.15. The highest BCUT2D eigenvalue weighted by molar-refractivity contribution is 6.53. The molecule has 9 nitrogen and oxygen atoms in total. The number of rotatable bonds is 8. The van der Waals surface area contributed by atoms with Crippen LogP contribution in [0.2, 0.25) is 0 Å². The first-order chi connectivity index (χ1) is 18.2. The summed E-state index contributed by atoms with van der Waals surface area (Å²) < 4.78 is 10.3. The number of nitrogens with zero attached hydrogens (tertiary/aromatic N) is 1. The Hall–Kier alpha value is -4.63. The molecule has 194 valence electrons. The average molecular weight is 534 g/mol. The van der Waals surface area contributed by atoms with Crippen LogP contribution in [-0.2, 0) is 14.3 Å². The lowest BCUT2D eigenvalue weighted by molar-refractivity contribution is -0.120. The van der Waals surface area contributed by atoms with E-state index in [-0.39, 0.29) is 16.8 Å². The second kappa shape index (κ2) is 11.2. The number of imide groups is 1. The topological polar surface area (TPSA) is 114 Å². The van der Waals surface area contributed by atoms with Gasteiger partial charge in [0.05, 0.1) is 24.5 Å². The van der Waals surface area contributed by atoms with Crippen LogP contribution in [0.15, 0.2) is 83.5 Å². The molecule has 1 heterocycles. The Kier molecular flexibility index (Phi) is 7.78. The largest absolute Gasteiger partial charge is 0.497 e. The summed E-state index contributed by atoms with van der Waals surface area (Å²) in [5.74, 6) is -1.59. The Labute approximate surface area is 224 Å². The second-order valence-corrected chi connectivity index (χ2v) is 8.90. The van der Waals surface area contributed by atoms with Crippen molar-refractivity contribution in [1.82, 2.24) is 0 Å². The molecule has 38 heavy (non-hydrogen) atoms. The van der Waals surface area contributed by atoms with Crippen molar-refractivity contribution in [2.75, 3.05) is 22.6 Å². The van der Waals surface area contributed by atoms with Gasteiger partial charge in [0.2, 0.25) is 0 Å². The zero-order chi connectivity index (χ0) is 27.4. The summed E-state index contributed by atoms with van der Waals surface area (Å²) in [4.78, 5) is 51.5.